The molecule has 0 bridgehead atoms. The number of ether oxygens (including phenoxy) is 1. The second-order valence-electron chi connectivity index (χ2n) is 6.39. The van der Waals surface area contributed by atoms with Gasteiger partial charge in [-0.1, -0.05) is 12.1 Å². The minimum absolute atomic E-state index is 0.0721. The number of likely N-dealkylation sites (tertiary alicyclic amines) is 1. The van der Waals surface area contributed by atoms with Gasteiger partial charge >= 0.3 is 0 Å². The number of carbonyl (C=O) groups is 1. The third kappa shape index (κ3) is 3.16. The molecule has 2 aromatic rings. The van der Waals surface area contributed by atoms with Gasteiger partial charge < -0.3 is 15.0 Å². The zero-order valence-electron chi connectivity index (χ0n) is 13.4. The van der Waals surface area contributed by atoms with Gasteiger partial charge in [0.15, 0.2) is 0 Å². The lowest BCUT2D eigenvalue weighted by Gasteiger charge is -2.46. The van der Waals surface area contributed by atoms with Crippen LogP contribution >= 0.6 is 11.3 Å². The van der Waals surface area contributed by atoms with E-state index >= 15 is 0 Å². The van der Waals surface area contributed by atoms with Crippen LogP contribution in [0.5, 0.6) is 0 Å². The number of nitrogens with zero attached hydrogens (tertiary/aromatic N) is 2. The average molecular weight is 343 g/mol. The molecule has 1 amide bonds. The molecule has 2 saturated heterocycles. The average Bonchev–Trinajstić information content (AvgIpc) is 3.16. The van der Waals surface area contributed by atoms with Crippen LogP contribution in [0, 0.1) is 5.92 Å². The summed E-state index contributed by atoms with van der Waals surface area (Å²) in [5, 5.41) is 5.44. The Bertz CT molecular complexity index is 677. The van der Waals surface area contributed by atoms with Gasteiger partial charge in [0.05, 0.1) is 17.0 Å². The minimum Gasteiger partial charge on any atom is -0.376 e. The molecule has 6 heteroatoms. The van der Waals surface area contributed by atoms with Crippen molar-refractivity contribution < 1.29 is 9.53 Å². The van der Waals surface area contributed by atoms with Gasteiger partial charge in [0.2, 0.25) is 0 Å². The van der Waals surface area contributed by atoms with Gasteiger partial charge in [0, 0.05) is 31.8 Å². The number of thiophene rings is 1. The van der Waals surface area contributed by atoms with Gasteiger partial charge in [-0.15, -0.1) is 11.3 Å². The van der Waals surface area contributed by atoms with Crippen molar-refractivity contribution in [1.29, 1.82) is 0 Å². The van der Waals surface area contributed by atoms with Crippen molar-refractivity contribution in [1.82, 2.24) is 9.88 Å². The number of aromatic nitrogens is 1. The number of fused-ring (bicyclic) bond motifs is 1. The van der Waals surface area contributed by atoms with Crippen LogP contribution < -0.4 is 5.32 Å². The molecule has 24 heavy (non-hydrogen) atoms. The van der Waals surface area contributed by atoms with Crippen LogP contribution in [0.3, 0.4) is 0 Å². The monoisotopic (exact) mass is 343 g/mol. The van der Waals surface area contributed by atoms with Crippen molar-refractivity contribution in [2.24, 2.45) is 5.92 Å². The SMILES string of the molecule is O=C(c1cccs1)N1C[C@@H]2CCCO[C@@H]2[C@H](Nc2ccccn2)C1. The third-order valence-electron chi connectivity index (χ3n) is 4.78. The predicted molar refractivity (Wildman–Crippen MR) is 94.3 cm³/mol. The molecule has 5 nitrogen and oxygen atoms in total. The first kappa shape index (κ1) is 15.6. The van der Waals surface area contributed by atoms with Crippen molar-refractivity contribution >= 4 is 23.1 Å². The number of amides is 1. The Morgan fingerprint density at radius 3 is 3.04 bits per heavy atom. The molecule has 0 aliphatic carbocycles. The molecule has 4 heterocycles. The van der Waals surface area contributed by atoms with Gasteiger partial charge in [-0.2, -0.15) is 0 Å². The van der Waals surface area contributed by atoms with E-state index in [0.29, 0.717) is 12.5 Å². The van der Waals surface area contributed by atoms with E-state index in [2.05, 4.69) is 10.3 Å². The number of rotatable bonds is 3. The van der Waals surface area contributed by atoms with Crippen LogP contribution in [-0.2, 0) is 4.74 Å². The van der Waals surface area contributed by atoms with Crippen LogP contribution in [0.4, 0.5) is 5.82 Å². The second kappa shape index (κ2) is 6.91. The Morgan fingerprint density at radius 1 is 1.29 bits per heavy atom. The fourth-order valence-corrected chi connectivity index (χ4v) is 4.38. The highest BCUT2D eigenvalue weighted by Crippen LogP contribution is 2.31. The maximum Gasteiger partial charge on any atom is 0.264 e. The molecule has 1 N–H and O–H groups in total. The first-order chi connectivity index (χ1) is 11.8. The fourth-order valence-electron chi connectivity index (χ4n) is 3.69. The number of nitrogens with one attached hydrogen (secondary N) is 1. The van der Waals surface area contributed by atoms with Crippen molar-refractivity contribution in [3.05, 3.63) is 46.8 Å². The lowest BCUT2D eigenvalue weighted by atomic mass is 9.85. The molecule has 0 aromatic carbocycles. The molecule has 3 atom stereocenters. The minimum atomic E-state index is 0.0721. The molecule has 2 aliphatic rings. The van der Waals surface area contributed by atoms with E-state index in [1.807, 2.05) is 40.6 Å². The number of piperidine rings is 1. The lowest BCUT2D eigenvalue weighted by Crippen LogP contribution is -2.59. The van der Waals surface area contributed by atoms with Crippen LogP contribution in [-0.4, -0.2) is 47.6 Å². The van der Waals surface area contributed by atoms with E-state index in [0.717, 1.165) is 36.7 Å². The first-order valence-corrected chi connectivity index (χ1v) is 9.31. The second-order valence-corrected chi connectivity index (χ2v) is 7.34. The zero-order valence-corrected chi connectivity index (χ0v) is 14.2. The van der Waals surface area contributed by atoms with E-state index in [4.69, 9.17) is 4.74 Å². The lowest BCUT2D eigenvalue weighted by molar-refractivity contribution is -0.0675. The summed E-state index contributed by atoms with van der Waals surface area (Å²) in [5.74, 6) is 1.35. The highest BCUT2D eigenvalue weighted by Gasteiger charge is 2.41. The van der Waals surface area contributed by atoms with Gasteiger partial charge in [-0.3, -0.25) is 4.79 Å². The number of hydrogen-bond acceptors (Lipinski definition) is 5. The molecule has 0 spiro atoms. The summed E-state index contributed by atoms with van der Waals surface area (Å²) in [7, 11) is 0. The van der Waals surface area contributed by atoms with Crippen molar-refractivity contribution in [3.63, 3.8) is 0 Å². The van der Waals surface area contributed by atoms with Crippen LogP contribution in [0.15, 0.2) is 41.9 Å². The Hall–Kier alpha value is -1.92. The Balaban J connectivity index is 1.54. The third-order valence-corrected chi connectivity index (χ3v) is 5.64. The maximum atomic E-state index is 12.8. The number of hydrogen-bond donors (Lipinski definition) is 1. The fraction of sp³-hybridized carbons (Fsp3) is 0.444. The van der Waals surface area contributed by atoms with E-state index in [9.17, 15) is 4.79 Å². The molecule has 2 aromatic heterocycles. The standard InChI is InChI=1S/C18H21N3O2S/c22-18(15-6-4-10-24-15)21-11-13-5-3-9-23-17(13)14(12-21)20-16-7-1-2-8-19-16/h1-2,4,6-8,10,13-14,17H,3,5,9,11-12H2,(H,19,20)/t13-,14+,17-/m0/s1. The molecular formula is C18H21N3O2S. The molecule has 2 fully saturated rings. The van der Waals surface area contributed by atoms with Crippen LogP contribution in [0.1, 0.15) is 22.5 Å². The van der Waals surface area contributed by atoms with Crippen molar-refractivity contribution in [3.8, 4) is 0 Å². The first-order valence-electron chi connectivity index (χ1n) is 8.43. The molecule has 4 rings (SSSR count). The topological polar surface area (TPSA) is 54.5 Å². The molecule has 0 saturated carbocycles. The molecular weight excluding hydrogens is 322 g/mol. The summed E-state index contributed by atoms with van der Waals surface area (Å²) < 4.78 is 6.06. The van der Waals surface area contributed by atoms with Gasteiger partial charge in [0.25, 0.3) is 5.91 Å². The van der Waals surface area contributed by atoms with E-state index < -0.39 is 0 Å². The summed E-state index contributed by atoms with van der Waals surface area (Å²) in [6.45, 7) is 2.23. The van der Waals surface area contributed by atoms with Crippen LogP contribution in [0.25, 0.3) is 0 Å². The summed E-state index contributed by atoms with van der Waals surface area (Å²) in [6, 6.07) is 9.72. The molecule has 2 aliphatic heterocycles. The molecule has 126 valence electrons. The number of pyridine rings is 1. The van der Waals surface area contributed by atoms with E-state index in [1.165, 1.54) is 11.3 Å². The summed E-state index contributed by atoms with van der Waals surface area (Å²) >= 11 is 1.50. The number of carbonyl (C=O) groups excluding carboxylic acids is 1. The van der Waals surface area contributed by atoms with Crippen molar-refractivity contribution in [2.45, 2.75) is 25.0 Å². The highest BCUT2D eigenvalue weighted by atomic mass is 32.1. The van der Waals surface area contributed by atoms with Gasteiger partial charge in [0.1, 0.15) is 5.82 Å². The van der Waals surface area contributed by atoms with Crippen molar-refractivity contribution in [2.75, 3.05) is 25.0 Å². The summed E-state index contributed by atoms with van der Waals surface area (Å²) in [5.41, 5.74) is 0. The summed E-state index contributed by atoms with van der Waals surface area (Å²) in [6.07, 6.45) is 4.10. The van der Waals surface area contributed by atoms with E-state index in [1.54, 1.807) is 6.20 Å². The van der Waals surface area contributed by atoms with E-state index in [-0.39, 0.29) is 18.1 Å². The Kier molecular flexibility index (Phi) is 4.49. The number of anilines is 1. The smallest absolute Gasteiger partial charge is 0.264 e. The van der Waals surface area contributed by atoms with Gasteiger partial charge in [-0.05, 0) is 36.4 Å². The Morgan fingerprint density at radius 2 is 2.25 bits per heavy atom. The maximum absolute atomic E-state index is 12.8. The molecule has 0 radical (unpaired) electrons. The zero-order chi connectivity index (χ0) is 16.4. The van der Waals surface area contributed by atoms with Crippen LogP contribution in [0.2, 0.25) is 0 Å². The largest absolute Gasteiger partial charge is 0.376 e. The van der Waals surface area contributed by atoms with Gasteiger partial charge in [-0.25, -0.2) is 4.98 Å². The predicted octanol–water partition coefficient (Wildman–Crippen LogP) is 2.87. The highest BCUT2D eigenvalue weighted by molar-refractivity contribution is 7.12. The normalized spacial score (nSPS) is 26.7. The quantitative estimate of drug-likeness (QED) is 0.931. The summed E-state index contributed by atoms with van der Waals surface area (Å²) in [4.78, 5) is 19.9. The molecule has 0 unspecified atom stereocenters. The Labute approximate surface area is 145 Å².